The fourth-order valence-electron chi connectivity index (χ4n) is 3.05. The second kappa shape index (κ2) is 11.2. The van der Waals surface area contributed by atoms with Gasteiger partial charge in [-0.05, 0) is 42.9 Å². The summed E-state index contributed by atoms with van der Waals surface area (Å²) < 4.78 is 18.4. The van der Waals surface area contributed by atoms with Crippen molar-refractivity contribution in [3.05, 3.63) is 72.6 Å². The molecule has 0 aliphatic carbocycles. The highest BCUT2D eigenvalue weighted by molar-refractivity contribution is 5.32. The van der Waals surface area contributed by atoms with Crippen molar-refractivity contribution in [2.75, 3.05) is 33.9 Å². The van der Waals surface area contributed by atoms with Crippen LogP contribution in [0.4, 0.5) is 0 Å². The second-order valence-corrected chi connectivity index (χ2v) is 7.10. The third kappa shape index (κ3) is 7.09. The quantitative estimate of drug-likeness (QED) is 0.494. The van der Waals surface area contributed by atoms with Crippen LogP contribution >= 0.6 is 0 Å². The van der Waals surface area contributed by atoms with Gasteiger partial charge in [-0.25, -0.2) is 0 Å². The van der Waals surface area contributed by atoms with E-state index in [-0.39, 0.29) is 6.61 Å². The molecule has 1 aromatic heterocycles. The fourth-order valence-corrected chi connectivity index (χ4v) is 3.05. The van der Waals surface area contributed by atoms with Crippen molar-refractivity contribution in [3.8, 4) is 17.2 Å². The molecule has 0 radical (unpaired) electrons. The maximum absolute atomic E-state index is 10.3. The van der Waals surface area contributed by atoms with Crippen molar-refractivity contribution < 1.29 is 19.3 Å². The molecule has 3 aromatic rings. The minimum Gasteiger partial charge on any atom is -0.497 e. The van der Waals surface area contributed by atoms with E-state index >= 15 is 0 Å². The maximum atomic E-state index is 10.3. The molecule has 0 fully saturated rings. The van der Waals surface area contributed by atoms with Crippen molar-refractivity contribution in [1.29, 1.82) is 0 Å². The first kappa shape index (κ1) is 21.7. The number of methoxy groups -OCH3 is 1. The fraction of sp³-hybridized carbons (Fsp3) is 0.348. The van der Waals surface area contributed by atoms with Gasteiger partial charge in [0.1, 0.15) is 36.6 Å². The van der Waals surface area contributed by atoms with Crippen LogP contribution in [0, 0.1) is 0 Å². The van der Waals surface area contributed by atoms with E-state index in [2.05, 4.69) is 10.00 Å². The summed E-state index contributed by atoms with van der Waals surface area (Å²) in [5, 5.41) is 14.4. The summed E-state index contributed by atoms with van der Waals surface area (Å²) in [6.07, 6.45) is 3.08. The van der Waals surface area contributed by atoms with Gasteiger partial charge in [-0.2, -0.15) is 5.10 Å². The van der Waals surface area contributed by atoms with Gasteiger partial charge < -0.3 is 19.3 Å². The topological polar surface area (TPSA) is 69.0 Å². The zero-order chi connectivity index (χ0) is 21.2. The molecule has 0 aliphatic rings. The molecule has 1 heterocycles. The average Bonchev–Trinajstić information content (AvgIpc) is 3.27. The Morgan fingerprint density at radius 1 is 1.03 bits per heavy atom. The normalized spacial score (nSPS) is 12.0. The molecule has 1 N–H and O–H groups in total. The van der Waals surface area contributed by atoms with E-state index in [1.54, 1.807) is 19.4 Å². The van der Waals surface area contributed by atoms with E-state index in [1.165, 1.54) is 0 Å². The molecule has 1 unspecified atom stereocenters. The van der Waals surface area contributed by atoms with E-state index in [1.807, 2.05) is 66.5 Å². The highest BCUT2D eigenvalue weighted by atomic mass is 16.5. The molecule has 0 spiro atoms. The molecule has 0 saturated heterocycles. The molecular formula is C23H29N3O4. The van der Waals surface area contributed by atoms with Gasteiger partial charge in [-0.15, -0.1) is 0 Å². The number of aliphatic hydroxyl groups excluding tert-OH is 1. The molecule has 7 nitrogen and oxygen atoms in total. The van der Waals surface area contributed by atoms with Gasteiger partial charge in [-0.3, -0.25) is 9.58 Å². The first-order valence-corrected chi connectivity index (χ1v) is 9.95. The predicted octanol–water partition coefficient (Wildman–Crippen LogP) is 2.84. The summed E-state index contributed by atoms with van der Waals surface area (Å²) in [4.78, 5) is 2.06. The van der Waals surface area contributed by atoms with Gasteiger partial charge in [0.25, 0.3) is 0 Å². The summed E-state index contributed by atoms with van der Waals surface area (Å²) >= 11 is 0. The Kier molecular flexibility index (Phi) is 8.11. The lowest BCUT2D eigenvalue weighted by Crippen LogP contribution is -2.32. The molecule has 0 aliphatic heterocycles. The van der Waals surface area contributed by atoms with Crippen LogP contribution < -0.4 is 14.2 Å². The van der Waals surface area contributed by atoms with E-state index < -0.39 is 6.10 Å². The lowest BCUT2D eigenvalue weighted by atomic mass is 10.2. The van der Waals surface area contributed by atoms with E-state index in [4.69, 9.17) is 14.2 Å². The molecule has 1 atom stereocenters. The van der Waals surface area contributed by atoms with Gasteiger partial charge in [0.2, 0.25) is 0 Å². The number of likely N-dealkylation sites (N-methyl/N-ethyl adjacent to an activating group) is 1. The molecule has 0 saturated carbocycles. The van der Waals surface area contributed by atoms with Crippen molar-refractivity contribution in [2.24, 2.45) is 0 Å². The number of hydrogen-bond donors (Lipinski definition) is 1. The summed E-state index contributed by atoms with van der Waals surface area (Å²) in [6.45, 7) is 2.74. The van der Waals surface area contributed by atoms with E-state index in [0.29, 0.717) is 25.4 Å². The molecule has 2 aromatic carbocycles. The third-order valence-electron chi connectivity index (χ3n) is 4.53. The molecule has 7 heteroatoms. The molecule has 3 rings (SSSR count). The second-order valence-electron chi connectivity index (χ2n) is 7.10. The Balaban J connectivity index is 1.37. The summed E-state index contributed by atoms with van der Waals surface area (Å²) in [5.74, 6) is 2.24. The largest absolute Gasteiger partial charge is 0.497 e. The highest BCUT2D eigenvalue weighted by Crippen LogP contribution is 2.19. The lowest BCUT2D eigenvalue weighted by Gasteiger charge is -2.21. The van der Waals surface area contributed by atoms with Gasteiger partial charge >= 0.3 is 0 Å². The molecule has 0 amide bonds. The number of rotatable bonds is 12. The van der Waals surface area contributed by atoms with Crippen LogP contribution in [0.3, 0.4) is 0 Å². The number of aromatic nitrogens is 2. The first-order valence-electron chi connectivity index (χ1n) is 9.95. The highest BCUT2D eigenvalue weighted by Gasteiger charge is 2.10. The minimum absolute atomic E-state index is 0.223. The molecule has 30 heavy (non-hydrogen) atoms. The van der Waals surface area contributed by atoms with Gasteiger partial charge in [-0.1, -0.05) is 18.2 Å². The Labute approximate surface area is 177 Å². The van der Waals surface area contributed by atoms with E-state index in [9.17, 15) is 5.11 Å². The standard InChI is InChI=1S/C23H29N3O4/c1-25(17-20(27)18-30-23-6-3-5-22(15-23)28-2)16-19-7-9-21(10-8-19)29-14-13-26-12-4-11-24-26/h3-12,15,20,27H,13-14,16-18H2,1-2H3. The number of nitrogens with zero attached hydrogens (tertiary/aromatic N) is 3. The molecule has 0 bridgehead atoms. The van der Waals surface area contributed by atoms with Crippen LogP contribution in [0.1, 0.15) is 5.56 Å². The van der Waals surface area contributed by atoms with Crippen LogP contribution in [-0.4, -0.2) is 59.8 Å². The lowest BCUT2D eigenvalue weighted by molar-refractivity contribution is 0.0743. The van der Waals surface area contributed by atoms with E-state index in [0.717, 1.165) is 23.6 Å². The third-order valence-corrected chi connectivity index (χ3v) is 4.53. The van der Waals surface area contributed by atoms with Gasteiger partial charge in [0, 0.05) is 31.5 Å². The minimum atomic E-state index is -0.592. The Hall–Kier alpha value is -3.03. The number of aliphatic hydroxyl groups is 1. The van der Waals surface area contributed by atoms with Crippen LogP contribution in [0.25, 0.3) is 0 Å². The summed E-state index contributed by atoms with van der Waals surface area (Å²) in [5.41, 5.74) is 1.15. The Morgan fingerprint density at radius 2 is 1.83 bits per heavy atom. The van der Waals surface area contributed by atoms with Gasteiger partial charge in [0.15, 0.2) is 0 Å². The van der Waals surface area contributed by atoms with Crippen molar-refractivity contribution >= 4 is 0 Å². The van der Waals surface area contributed by atoms with Crippen LogP contribution in [0.15, 0.2) is 67.0 Å². The molecular weight excluding hydrogens is 382 g/mol. The zero-order valence-corrected chi connectivity index (χ0v) is 17.5. The number of hydrogen-bond acceptors (Lipinski definition) is 6. The Morgan fingerprint density at radius 3 is 2.57 bits per heavy atom. The number of ether oxygens (including phenoxy) is 3. The summed E-state index contributed by atoms with van der Waals surface area (Å²) in [6, 6.07) is 17.3. The Bertz CT molecular complexity index is 868. The first-order chi connectivity index (χ1) is 14.6. The monoisotopic (exact) mass is 411 g/mol. The van der Waals surface area contributed by atoms with Crippen LogP contribution in [0.5, 0.6) is 17.2 Å². The smallest absolute Gasteiger partial charge is 0.123 e. The van der Waals surface area contributed by atoms with Crippen molar-refractivity contribution in [2.45, 2.75) is 19.2 Å². The van der Waals surface area contributed by atoms with Crippen LogP contribution in [-0.2, 0) is 13.1 Å². The zero-order valence-electron chi connectivity index (χ0n) is 17.5. The van der Waals surface area contributed by atoms with Gasteiger partial charge in [0.05, 0.1) is 13.7 Å². The van der Waals surface area contributed by atoms with Crippen molar-refractivity contribution in [3.63, 3.8) is 0 Å². The SMILES string of the molecule is COc1cccc(OCC(O)CN(C)Cc2ccc(OCCn3cccn3)cc2)c1. The summed E-state index contributed by atoms with van der Waals surface area (Å²) in [7, 11) is 3.59. The maximum Gasteiger partial charge on any atom is 0.123 e. The molecule has 160 valence electrons. The number of benzene rings is 2. The van der Waals surface area contributed by atoms with Crippen LogP contribution in [0.2, 0.25) is 0 Å². The predicted molar refractivity (Wildman–Crippen MR) is 115 cm³/mol. The van der Waals surface area contributed by atoms with Crippen molar-refractivity contribution in [1.82, 2.24) is 14.7 Å². The average molecular weight is 412 g/mol.